The van der Waals surface area contributed by atoms with Gasteiger partial charge in [0.05, 0.1) is 0 Å². The number of nitrogens with one attached hydrogen (secondary N) is 1. The highest BCUT2D eigenvalue weighted by Crippen LogP contribution is 2.00. The number of rotatable bonds is 12. The van der Waals surface area contributed by atoms with E-state index in [4.69, 9.17) is 5.73 Å². The van der Waals surface area contributed by atoms with Crippen molar-refractivity contribution >= 4 is 11.8 Å². The lowest BCUT2D eigenvalue weighted by molar-refractivity contribution is -0.123. The molecule has 0 fully saturated rings. The van der Waals surface area contributed by atoms with Gasteiger partial charge in [-0.15, -0.1) is 13.2 Å². The minimum absolute atomic E-state index is 0.170. The van der Waals surface area contributed by atoms with Crippen LogP contribution in [0, 0.1) is 0 Å². The maximum atomic E-state index is 12.3. The molecule has 0 spiro atoms. The third-order valence-corrected chi connectivity index (χ3v) is 3.05. The molecule has 0 saturated heterocycles. The van der Waals surface area contributed by atoms with Gasteiger partial charge in [0, 0.05) is 43.1 Å². The van der Waals surface area contributed by atoms with Gasteiger partial charge in [-0.1, -0.05) is 31.7 Å². The highest BCUT2D eigenvalue weighted by Gasteiger charge is 2.05. The van der Waals surface area contributed by atoms with Gasteiger partial charge >= 0.3 is 0 Å². The number of carbonyl (C=O) groups excluding carboxylic acids is 2. The standard InChI is InChI=1S/C21H29N3O2/c1-5-11-18(22)13-10-17-24(16-7-3)21(26)15-9-14-19(8-4)23-20(25)12-6-2/h5-6,8-10,13-15,17H,1-2,4,7,11-12,16,22H2,3H3,(H,23,25)/b15-9+,17-10+,18-13-,19-14+. The van der Waals surface area contributed by atoms with Gasteiger partial charge in [-0.3, -0.25) is 9.59 Å². The minimum Gasteiger partial charge on any atom is -0.402 e. The second-order valence-corrected chi connectivity index (χ2v) is 5.33. The number of hydrogen-bond donors (Lipinski definition) is 2. The van der Waals surface area contributed by atoms with Crippen LogP contribution < -0.4 is 11.1 Å². The second-order valence-electron chi connectivity index (χ2n) is 5.33. The fourth-order valence-corrected chi connectivity index (χ4v) is 1.84. The summed E-state index contributed by atoms with van der Waals surface area (Å²) >= 11 is 0. The molecule has 0 aromatic heterocycles. The maximum Gasteiger partial charge on any atom is 0.250 e. The Hall–Kier alpha value is -3.08. The van der Waals surface area contributed by atoms with Crippen LogP contribution in [-0.2, 0) is 9.59 Å². The molecule has 0 saturated carbocycles. The van der Waals surface area contributed by atoms with Crippen molar-refractivity contribution in [2.75, 3.05) is 6.54 Å². The highest BCUT2D eigenvalue weighted by molar-refractivity contribution is 5.88. The zero-order valence-corrected chi connectivity index (χ0v) is 15.5. The number of hydrogen-bond acceptors (Lipinski definition) is 3. The number of nitrogens with zero attached hydrogens (tertiary/aromatic N) is 1. The lowest BCUT2D eigenvalue weighted by Crippen LogP contribution is -2.24. The van der Waals surface area contributed by atoms with Gasteiger partial charge in [0.2, 0.25) is 11.8 Å². The van der Waals surface area contributed by atoms with Crippen molar-refractivity contribution in [3.05, 3.63) is 85.9 Å². The van der Waals surface area contributed by atoms with Crippen LogP contribution in [-0.4, -0.2) is 23.3 Å². The van der Waals surface area contributed by atoms with Gasteiger partial charge in [-0.25, -0.2) is 0 Å². The van der Waals surface area contributed by atoms with Crippen LogP contribution in [0.15, 0.2) is 85.9 Å². The van der Waals surface area contributed by atoms with E-state index in [0.29, 0.717) is 24.4 Å². The van der Waals surface area contributed by atoms with Gasteiger partial charge in [0.15, 0.2) is 0 Å². The Morgan fingerprint density at radius 2 is 1.77 bits per heavy atom. The number of allylic oxidation sites excluding steroid dienone is 6. The molecule has 0 unspecified atom stereocenters. The van der Waals surface area contributed by atoms with E-state index in [0.717, 1.165) is 6.42 Å². The summed E-state index contributed by atoms with van der Waals surface area (Å²) < 4.78 is 0. The normalized spacial score (nSPS) is 12.2. The van der Waals surface area contributed by atoms with Crippen LogP contribution in [0.4, 0.5) is 0 Å². The lowest BCUT2D eigenvalue weighted by atomic mass is 10.3. The molecule has 0 aliphatic carbocycles. The molecule has 26 heavy (non-hydrogen) atoms. The Kier molecular flexibility index (Phi) is 12.6. The van der Waals surface area contributed by atoms with Crippen molar-refractivity contribution in [1.29, 1.82) is 0 Å². The van der Waals surface area contributed by atoms with E-state index in [9.17, 15) is 9.59 Å². The summed E-state index contributed by atoms with van der Waals surface area (Å²) in [6.07, 6.45) is 16.2. The van der Waals surface area contributed by atoms with E-state index in [2.05, 4.69) is 25.1 Å². The molecular formula is C21H29N3O2. The molecule has 0 aromatic rings. The Morgan fingerprint density at radius 1 is 1.08 bits per heavy atom. The Balaban J connectivity index is 4.96. The molecule has 3 N–H and O–H groups in total. The van der Waals surface area contributed by atoms with Crippen LogP contribution in [0.2, 0.25) is 0 Å². The summed E-state index contributed by atoms with van der Waals surface area (Å²) in [6.45, 7) is 13.3. The molecule has 0 aliphatic heterocycles. The number of amides is 2. The highest BCUT2D eigenvalue weighted by atomic mass is 16.2. The monoisotopic (exact) mass is 355 g/mol. The smallest absolute Gasteiger partial charge is 0.250 e. The summed E-state index contributed by atoms with van der Waals surface area (Å²) in [5.74, 6) is -0.360. The summed E-state index contributed by atoms with van der Waals surface area (Å²) in [5.41, 5.74) is 6.96. The molecule has 0 atom stereocenters. The summed E-state index contributed by atoms with van der Waals surface area (Å²) in [4.78, 5) is 25.4. The molecule has 5 nitrogen and oxygen atoms in total. The molecule has 0 aliphatic rings. The lowest BCUT2D eigenvalue weighted by Gasteiger charge is -2.14. The van der Waals surface area contributed by atoms with Gasteiger partial charge in [-0.05, 0) is 30.7 Å². The predicted octanol–water partition coefficient (Wildman–Crippen LogP) is 3.48. The topological polar surface area (TPSA) is 75.4 Å². The first-order valence-electron chi connectivity index (χ1n) is 8.44. The third-order valence-electron chi connectivity index (χ3n) is 3.05. The van der Waals surface area contributed by atoms with Gasteiger partial charge < -0.3 is 16.0 Å². The maximum absolute atomic E-state index is 12.3. The molecule has 0 bridgehead atoms. The van der Waals surface area contributed by atoms with E-state index in [-0.39, 0.29) is 18.2 Å². The van der Waals surface area contributed by atoms with Crippen molar-refractivity contribution in [2.24, 2.45) is 5.73 Å². The molecule has 0 aromatic carbocycles. The zero-order valence-electron chi connectivity index (χ0n) is 15.5. The number of nitrogens with two attached hydrogens (primary N) is 1. The van der Waals surface area contributed by atoms with Crippen LogP contribution in [0.5, 0.6) is 0 Å². The van der Waals surface area contributed by atoms with Gasteiger partial charge in [-0.2, -0.15) is 0 Å². The molecule has 0 radical (unpaired) electrons. The van der Waals surface area contributed by atoms with Crippen LogP contribution >= 0.6 is 0 Å². The summed E-state index contributed by atoms with van der Waals surface area (Å²) in [5, 5.41) is 2.67. The van der Waals surface area contributed by atoms with Crippen LogP contribution in [0.1, 0.15) is 26.2 Å². The van der Waals surface area contributed by atoms with Gasteiger partial charge in [0.1, 0.15) is 0 Å². The fraction of sp³-hybridized carbons (Fsp3) is 0.238. The largest absolute Gasteiger partial charge is 0.402 e. The Labute approximate surface area is 156 Å². The van der Waals surface area contributed by atoms with Crippen molar-refractivity contribution in [2.45, 2.75) is 26.2 Å². The van der Waals surface area contributed by atoms with Crippen molar-refractivity contribution in [3.63, 3.8) is 0 Å². The molecular weight excluding hydrogens is 326 g/mol. The van der Waals surface area contributed by atoms with E-state index >= 15 is 0 Å². The van der Waals surface area contributed by atoms with Crippen molar-refractivity contribution < 1.29 is 9.59 Å². The Morgan fingerprint density at radius 3 is 2.35 bits per heavy atom. The fourth-order valence-electron chi connectivity index (χ4n) is 1.84. The van der Waals surface area contributed by atoms with E-state index < -0.39 is 0 Å². The average molecular weight is 355 g/mol. The Bertz CT molecular complexity index is 625. The first kappa shape index (κ1) is 22.9. The number of carbonyl (C=O) groups is 2. The molecule has 5 heteroatoms. The van der Waals surface area contributed by atoms with Crippen LogP contribution in [0.3, 0.4) is 0 Å². The molecule has 0 heterocycles. The van der Waals surface area contributed by atoms with Crippen molar-refractivity contribution in [1.82, 2.24) is 10.2 Å². The third kappa shape index (κ3) is 10.6. The van der Waals surface area contributed by atoms with E-state index in [1.165, 1.54) is 18.2 Å². The predicted molar refractivity (Wildman–Crippen MR) is 109 cm³/mol. The molecule has 0 rings (SSSR count). The summed E-state index contributed by atoms with van der Waals surface area (Å²) in [6, 6.07) is 0. The van der Waals surface area contributed by atoms with Crippen LogP contribution in [0.25, 0.3) is 0 Å². The SMILES string of the molecule is C=CCC(=O)N/C(C=C)=C/C=C/C(=O)N(/C=C/C=C(\N)CC=C)CCC. The average Bonchev–Trinajstić information content (AvgIpc) is 2.60. The quantitative estimate of drug-likeness (QED) is 0.320. The first-order valence-corrected chi connectivity index (χ1v) is 8.44. The van der Waals surface area contributed by atoms with E-state index in [1.807, 2.05) is 6.92 Å². The molecule has 140 valence electrons. The first-order chi connectivity index (χ1) is 12.5. The second kappa shape index (κ2) is 14.3. The minimum atomic E-state index is -0.190. The van der Waals surface area contributed by atoms with Crippen molar-refractivity contribution in [3.8, 4) is 0 Å². The molecule has 2 amide bonds. The summed E-state index contributed by atoms with van der Waals surface area (Å²) in [7, 11) is 0. The van der Waals surface area contributed by atoms with E-state index in [1.54, 1.807) is 41.5 Å². The zero-order chi connectivity index (χ0) is 19.8. The van der Waals surface area contributed by atoms with Gasteiger partial charge in [0.25, 0.3) is 0 Å².